The van der Waals surface area contributed by atoms with Crippen molar-refractivity contribution in [1.29, 1.82) is 0 Å². The van der Waals surface area contributed by atoms with Gasteiger partial charge in [-0.3, -0.25) is 25.0 Å². The molecule has 170 valence electrons. The Hall–Kier alpha value is -3.84. The molecule has 0 atom stereocenters. The van der Waals surface area contributed by atoms with Gasteiger partial charge in [0, 0.05) is 34.5 Å². The molecule has 0 radical (unpaired) electrons. The fourth-order valence-corrected chi connectivity index (χ4v) is 4.52. The lowest BCUT2D eigenvalue weighted by Crippen LogP contribution is -2.21. The lowest BCUT2D eigenvalue weighted by Gasteiger charge is -2.08. The Balaban J connectivity index is 1.65. The van der Waals surface area contributed by atoms with Gasteiger partial charge in [-0.05, 0) is 32.0 Å². The van der Waals surface area contributed by atoms with Gasteiger partial charge in [-0.25, -0.2) is 9.78 Å². The standard InChI is InChI=1S/C20H16N4O7S2/c1-11-3-5-14(8-15(11)23(27)28)22-18(25)9-31-19(26)13-4-6-17(16(7-13)24(29)30)33-20-21-12(2)10-32-20/h3-8,10H,9H2,1-2H3,(H,22,25). The van der Waals surface area contributed by atoms with Crippen molar-refractivity contribution in [3.05, 3.63) is 78.8 Å². The SMILES string of the molecule is Cc1csc(Sc2ccc(C(=O)OCC(=O)Nc3ccc(C)c([N+](=O)[O-])c3)cc2[N+](=O)[O-])n1. The first kappa shape index (κ1) is 23.8. The Bertz CT molecular complexity index is 1260. The molecule has 1 amide bonds. The number of benzene rings is 2. The topological polar surface area (TPSA) is 155 Å². The van der Waals surface area contributed by atoms with Crippen LogP contribution in [0, 0.1) is 34.1 Å². The Labute approximate surface area is 195 Å². The molecule has 2 aromatic carbocycles. The minimum absolute atomic E-state index is 0.0971. The van der Waals surface area contributed by atoms with E-state index >= 15 is 0 Å². The number of amides is 1. The number of nitrogens with zero attached hydrogens (tertiary/aromatic N) is 3. The van der Waals surface area contributed by atoms with Crippen molar-refractivity contribution in [2.24, 2.45) is 0 Å². The maximum absolute atomic E-state index is 12.3. The summed E-state index contributed by atoms with van der Waals surface area (Å²) in [5.74, 6) is -1.65. The van der Waals surface area contributed by atoms with E-state index in [0.29, 0.717) is 14.8 Å². The van der Waals surface area contributed by atoms with E-state index in [-0.39, 0.29) is 22.6 Å². The van der Waals surface area contributed by atoms with Crippen LogP contribution in [0.2, 0.25) is 0 Å². The van der Waals surface area contributed by atoms with Gasteiger partial charge in [0.1, 0.15) is 0 Å². The second-order valence-electron chi connectivity index (χ2n) is 6.68. The maximum atomic E-state index is 12.3. The largest absolute Gasteiger partial charge is 0.452 e. The minimum atomic E-state index is -0.926. The number of aromatic nitrogens is 1. The van der Waals surface area contributed by atoms with Gasteiger partial charge in [0.15, 0.2) is 10.9 Å². The zero-order valence-electron chi connectivity index (χ0n) is 17.3. The number of rotatable bonds is 8. The first-order valence-corrected chi connectivity index (χ1v) is 10.9. The van der Waals surface area contributed by atoms with Crippen LogP contribution in [-0.4, -0.2) is 33.3 Å². The monoisotopic (exact) mass is 488 g/mol. The summed E-state index contributed by atoms with van der Waals surface area (Å²) in [7, 11) is 0. The predicted molar refractivity (Wildman–Crippen MR) is 121 cm³/mol. The molecule has 0 fully saturated rings. The number of esters is 1. The van der Waals surface area contributed by atoms with Crippen LogP contribution in [-0.2, 0) is 9.53 Å². The first-order chi connectivity index (χ1) is 15.6. The summed E-state index contributed by atoms with van der Waals surface area (Å²) in [6.07, 6.45) is 0. The van der Waals surface area contributed by atoms with Crippen molar-refractivity contribution in [3.63, 3.8) is 0 Å². The number of carbonyl (C=O) groups is 2. The van der Waals surface area contributed by atoms with Gasteiger partial charge in [-0.15, -0.1) is 11.3 Å². The van der Waals surface area contributed by atoms with Gasteiger partial charge in [0.2, 0.25) is 0 Å². The quantitative estimate of drug-likeness (QED) is 0.274. The van der Waals surface area contributed by atoms with E-state index in [2.05, 4.69) is 10.3 Å². The fourth-order valence-electron chi connectivity index (χ4n) is 2.64. The maximum Gasteiger partial charge on any atom is 0.338 e. The van der Waals surface area contributed by atoms with Crippen molar-refractivity contribution < 1.29 is 24.2 Å². The van der Waals surface area contributed by atoms with Crippen LogP contribution in [0.4, 0.5) is 17.1 Å². The highest BCUT2D eigenvalue weighted by molar-refractivity contribution is 8.01. The average molecular weight is 489 g/mol. The molecule has 0 saturated heterocycles. The van der Waals surface area contributed by atoms with Crippen molar-refractivity contribution in [3.8, 4) is 0 Å². The van der Waals surface area contributed by atoms with E-state index in [1.165, 1.54) is 41.7 Å². The van der Waals surface area contributed by atoms with E-state index in [1.807, 2.05) is 12.3 Å². The van der Waals surface area contributed by atoms with Crippen LogP contribution in [0.3, 0.4) is 0 Å². The Kier molecular flexibility index (Phi) is 7.35. The fraction of sp³-hybridized carbons (Fsp3) is 0.150. The third-order valence-electron chi connectivity index (χ3n) is 4.21. The summed E-state index contributed by atoms with van der Waals surface area (Å²) in [6.45, 7) is 2.69. The molecule has 1 aromatic heterocycles. The second-order valence-corrected chi connectivity index (χ2v) is 8.83. The van der Waals surface area contributed by atoms with E-state index in [9.17, 15) is 29.8 Å². The average Bonchev–Trinajstić information content (AvgIpc) is 3.17. The third-order valence-corrected chi connectivity index (χ3v) is 6.33. The molecule has 3 aromatic rings. The molecule has 1 N–H and O–H groups in total. The number of ether oxygens (including phenoxy) is 1. The highest BCUT2D eigenvalue weighted by atomic mass is 32.2. The summed E-state index contributed by atoms with van der Waals surface area (Å²) in [5.41, 5.74) is 0.839. The molecule has 1 heterocycles. The molecule has 0 aliphatic carbocycles. The molecule has 0 aliphatic heterocycles. The number of anilines is 1. The number of hydrogen-bond acceptors (Lipinski definition) is 10. The highest BCUT2D eigenvalue weighted by Gasteiger charge is 2.21. The number of nitro benzene ring substituents is 2. The van der Waals surface area contributed by atoms with Crippen LogP contribution >= 0.6 is 23.1 Å². The molecule has 0 saturated carbocycles. The summed E-state index contributed by atoms with van der Waals surface area (Å²) in [4.78, 5) is 50.2. The Morgan fingerprint density at radius 1 is 1.09 bits per heavy atom. The van der Waals surface area contributed by atoms with Crippen molar-refractivity contribution in [2.75, 3.05) is 11.9 Å². The van der Waals surface area contributed by atoms with Crippen LogP contribution < -0.4 is 5.32 Å². The Morgan fingerprint density at radius 3 is 2.45 bits per heavy atom. The van der Waals surface area contributed by atoms with Gasteiger partial charge in [0.25, 0.3) is 17.3 Å². The summed E-state index contributed by atoms with van der Waals surface area (Å²) < 4.78 is 5.56. The van der Waals surface area contributed by atoms with Crippen molar-refractivity contribution >= 4 is 52.0 Å². The molecular formula is C20H16N4O7S2. The van der Waals surface area contributed by atoms with Gasteiger partial charge in [0.05, 0.1) is 20.3 Å². The van der Waals surface area contributed by atoms with E-state index in [4.69, 9.17) is 4.74 Å². The van der Waals surface area contributed by atoms with E-state index < -0.39 is 28.3 Å². The van der Waals surface area contributed by atoms with Crippen LogP contribution in [0.1, 0.15) is 21.6 Å². The molecule has 3 rings (SSSR count). The molecule has 0 aliphatic rings. The van der Waals surface area contributed by atoms with Gasteiger partial charge in [-0.2, -0.15) is 0 Å². The van der Waals surface area contributed by atoms with Crippen LogP contribution in [0.25, 0.3) is 0 Å². The Morgan fingerprint density at radius 2 is 1.82 bits per heavy atom. The number of nitrogens with one attached hydrogen (secondary N) is 1. The molecule has 0 bridgehead atoms. The third kappa shape index (κ3) is 6.11. The van der Waals surface area contributed by atoms with E-state index in [0.717, 1.165) is 23.5 Å². The van der Waals surface area contributed by atoms with Crippen LogP contribution in [0.5, 0.6) is 0 Å². The summed E-state index contributed by atoms with van der Waals surface area (Å²) >= 11 is 2.46. The molecule has 33 heavy (non-hydrogen) atoms. The zero-order valence-corrected chi connectivity index (χ0v) is 18.9. The number of nitro groups is 2. The smallest absolute Gasteiger partial charge is 0.338 e. The highest BCUT2D eigenvalue weighted by Crippen LogP contribution is 2.36. The number of hydrogen-bond donors (Lipinski definition) is 1. The number of carbonyl (C=O) groups excluding carboxylic acids is 2. The lowest BCUT2D eigenvalue weighted by atomic mass is 10.2. The normalized spacial score (nSPS) is 10.5. The van der Waals surface area contributed by atoms with Crippen molar-refractivity contribution in [1.82, 2.24) is 4.98 Å². The lowest BCUT2D eigenvalue weighted by molar-refractivity contribution is -0.387. The minimum Gasteiger partial charge on any atom is -0.452 e. The predicted octanol–water partition coefficient (Wildman–Crippen LogP) is 4.52. The van der Waals surface area contributed by atoms with Crippen molar-refractivity contribution in [2.45, 2.75) is 23.1 Å². The van der Waals surface area contributed by atoms with E-state index in [1.54, 1.807) is 6.92 Å². The van der Waals surface area contributed by atoms with Gasteiger partial charge in [-0.1, -0.05) is 17.8 Å². The first-order valence-electron chi connectivity index (χ1n) is 9.24. The summed E-state index contributed by atoms with van der Waals surface area (Å²) in [5, 5.41) is 26.7. The number of thiazole rings is 1. The molecule has 0 unspecified atom stereocenters. The van der Waals surface area contributed by atoms with Gasteiger partial charge < -0.3 is 10.1 Å². The zero-order chi connectivity index (χ0) is 24.1. The number of aryl methyl sites for hydroxylation is 2. The van der Waals surface area contributed by atoms with Crippen LogP contribution in [0.15, 0.2) is 51.0 Å². The summed E-state index contributed by atoms with van der Waals surface area (Å²) in [6, 6.07) is 8.00. The molecular weight excluding hydrogens is 472 g/mol. The second kappa shape index (κ2) is 10.2. The van der Waals surface area contributed by atoms with Gasteiger partial charge >= 0.3 is 5.97 Å². The molecule has 0 spiro atoms. The molecule has 13 heteroatoms. The molecule has 11 nitrogen and oxygen atoms in total.